The molecule has 2 unspecified atom stereocenters. The Balaban J connectivity index is 1.47. The summed E-state index contributed by atoms with van der Waals surface area (Å²) in [5.74, 6) is -0.999. The van der Waals surface area contributed by atoms with E-state index in [4.69, 9.17) is 23.2 Å². The van der Waals surface area contributed by atoms with Crippen LogP contribution in [0.15, 0.2) is 60.7 Å². The van der Waals surface area contributed by atoms with Crippen molar-refractivity contribution < 1.29 is 14.4 Å². The zero-order valence-electron chi connectivity index (χ0n) is 17.5. The van der Waals surface area contributed by atoms with Crippen LogP contribution in [0.5, 0.6) is 0 Å². The van der Waals surface area contributed by atoms with E-state index in [0.29, 0.717) is 10.6 Å². The number of urea groups is 1. The first kappa shape index (κ1) is 22.1. The molecular formula is C24H21Cl2N3O3. The van der Waals surface area contributed by atoms with E-state index in [-0.39, 0.29) is 11.1 Å². The molecule has 1 aliphatic rings. The molecule has 2 N–H and O–H groups in total. The maximum absolute atomic E-state index is 13.1. The Morgan fingerprint density at radius 3 is 2.50 bits per heavy atom. The fourth-order valence-electron chi connectivity index (χ4n) is 3.91. The van der Waals surface area contributed by atoms with Gasteiger partial charge in [0.2, 0.25) is 5.91 Å². The Bertz CT molecular complexity index is 1250. The van der Waals surface area contributed by atoms with Crippen LogP contribution in [0.2, 0.25) is 10.0 Å². The number of hydrogen-bond acceptors (Lipinski definition) is 3. The van der Waals surface area contributed by atoms with Crippen molar-refractivity contribution in [2.75, 3.05) is 6.54 Å². The lowest BCUT2D eigenvalue weighted by Crippen LogP contribution is -2.43. The molecule has 32 heavy (non-hydrogen) atoms. The highest BCUT2D eigenvalue weighted by atomic mass is 35.5. The number of halogens is 2. The lowest BCUT2D eigenvalue weighted by molar-refractivity contribution is -0.135. The minimum atomic E-state index is -1.39. The largest absolute Gasteiger partial charge is 0.348 e. The molecule has 1 aliphatic heterocycles. The molecule has 3 aromatic carbocycles. The van der Waals surface area contributed by atoms with Crippen LogP contribution in [0.25, 0.3) is 10.8 Å². The van der Waals surface area contributed by atoms with E-state index in [1.165, 1.54) is 6.07 Å². The zero-order chi connectivity index (χ0) is 23.0. The van der Waals surface area contributed by atoms with Crippen molar-refractivity contribution in [3.8, 4) is 0 Å². The molecule has 0 spiro atoms. The molecule has 8 heteroatoms. The molecule has 4 amide bonds. The lowest BCUT2D eigenvalue weighted by atomic mass is 9.92. The van der Waals surface area contributed by atoms with Crippen molar-refractivity contribution in [3.05, 3.63) is 81.8 Å². The van der Waals surface area contributed by atoms with Crippen molar-refractivity contribution in [3.63, 3.8) is 0 Å². The second kappa shape index (κ2) is 8.45. The molecule has 4 rings (SSSR count). The maximum atomic E-state index is 13.1. The molecule has 3 aromatic rings. The molecule has 0 saturated carbocycles. The van der Waals surface area contributed by atoms with Crippen LogP contribution in [0.1, 0.15) is 31.0 Å². The summed E-state index contributed by atoms with van der Waals surface area (Å²) in [6.07, 6.45) is 0. The third kappa shape index (κ3) is 4.04. The second-order valence-corrected chi connectivity index (χ2v) is 8.81. The molecule has 0 radical (unpaired) electrons. The number of carbonyl (C=O) groups is 3. The van der Waals surface area contributed by atoms with Gasteiger partial charge in [0.15, 0.2) is 0 Å². The van der Waals surface area contributed by atoms with Crippen LogP contribution in [0.4, 0.5) is 4.79 Å². The summed E-state index contributed by atoms with van der Waals surface area (Å²) < 4.78 is 0. The van der Waals surface area contributed by atoms with E-state index in [1.54, 1.807) is 19.1 Å². The van der Waals surface area contributed by atoms with E-state index in [2.05, 4.69) is 10.6 Å². The van der Waals surface area contributed by atoms with Gasteiger partial charge in [0.1, 0.15) is 12.1 Å². The number of benzene rings is 3. The fourth-order valence-corrected chi connectivity index (χ4v) is 4.51. The number of carbonyl (C=O) groups excluding carboxylic acids is 3. The first-order valence-corrected chi connectivity index (χ1v) is 10.8. The average Bonchev–Trinajstić information content (AvgIpc) is 2.96. The Morgan fingerprint density at radius 2 is 1.78 bits per heavy atom. The number of nitrogens with zero attached hydrogens (tertiary/aromatic N) is 1. The predicted octanol–water partition coefficient (Wildman–Crippen LogP) is 4.79. The monoisotopic (exact) mass is 469 g/mol. The third-order valence-electron chi connectivity index (χ3n) is 5.70. The van der Waals surface area contributed by atoms with Crippen LogP contribution in [-0.2, 0) is 15.1 Å². The van der Waals surface area contributed by atoms with E-state index in [1.807, 2.05) is 49.4 Å². The Kier molecular flexibility index (Phi) is 5.84. The first-order chi connectivity index (χ1) is 15.2. The van der Waals surface area contributed by atoms with Crippen LogP contribution < -0.4 is 10.6 Å². The van der Waals surface area contributed by atoms with Crippen LogP contribution in [0.3, 0.4) is 0 Å². The van der Waals surface area contributed by atoms with E-state index in [0.717, 1.165) is 21.2 Å². The summed E-state index contributed by atoms with van der Waals surface area (Å²) >= 11 is 12.2. The van der Waals surface area contributed by atoms with Crippen LogP contribution in [-0.4, -0.2) is 29.3 Å². The van der Waals surface area contributed by atoms with E-state index < -0.39 is 29.9 Å². The summed E-state index contributed by atoms with van der Waals surface area (Å²) in [4.78, 5) is 39.2. The highest BCUT2D eigenvalue weighted by Crippen LogP contribution is 2.35. The highest BCUT2D eigenvalue weighted by Gasteiger charge is 2.50. The number of nitrogens with one attached hydrogen (secondary N) is 2. The third-order valence-corrected chi connectivity index (χ3v) is 6.25. The molecule has 1 saturated heterocycles. The van der Waals surface area contributed by atoms with Gasteiger partial charge in [0, 0.05) is 15.6 Å². The molecule has 1 fully saturated rings. The molecule has 0 bridgehead atoms. The number of amides is 4. The average molecular weight is 470 g/mol. The standard InChI is InChI=1S/C24H21Cl2N3O3/c1-14(16-8-7-15-5-3-4-6-17(15)11-16)27-21(30)13-29-22(31)24(2,28-23(29)32)19-10-9-18(25)12-20(19)26/h3-12,14H,13H2,1-2H3,(H,27,30)(H,28,32). The summed E-state index contributed by atoms with van der Waals surface area (Å²) in [5, 5.41) is 8.35. The van der Waals surface area contributed by atoms with Gasteiger partial charge in [-0.05, 0) is 48.4 Å². The first-order valence-electron chi connectivity index (χ1n) is 10.1. The lowest BCUT2D eigenvalue weighted by Gasteiger charge is -2.23. The van der Waals surface area contributed by atoms with Gasteiger partial charge in [0.25, 0.3) is 5.91 Å². The van der Waals surface area contributed by atoms with Crippen LogP contribution >= 0.6 is 23.2 Å². The van der Waals surface area contributed by atoms with Crippen molar-refractivity contribution in [1.82, 2.24) is 15.5 Å². The number of imide groups is 1. The van der Waals surface area contributed by atoms with Gasteiger partial charge in [0.05, 0.1) is 6.04 Å². The number of hydrogen-bond donors (Lipinski definition) is 2. The molecule has 164 valence electrons. The van der Waals surface area contributed by atoms with Gasteiger partial charge in [-0.3, -0.25) is 14.5 Å². The molecule has 6 nitrogen and oxygen atoms in total. The van der Waals surface area contributed by atoms with Gasteiger partial charge < -0.3 is 10.6 Å². The normalized spacial score (nSPS) is 19.2. The predicted molar refractivity (Wildman–Crippen MR) is 125 cm³/mol. The van der Waals surface area contributed by atoms with Crippen molar-refractivity contribution in [1.29, 1.82) is 0 Å². The Morgan fingerprint density at radius 1 is 1.06 bits per heavy atom. The van der Waals surface area contributed by atoms with Crippen LogP contribution in [0, 0.1) is 0 Å². The summed E-state index contributed by atoms with van der Waals surface area (Å²) in [7, 11) is 0. The topological polar surface area (TPSA) is 78.5 Å². The van der Waals surface area contributed by atoms with Gasteiger partial charge >= 0.3 is 6.03 Å². The number of fused-ring (bicyclic) bond motifs is 1. The molecule has 2 atom stereocenters. The van der Waals surface area contributed by atoms with Gasteiger partial charge in [-0.1, -0.05) is 65.7 Å². The van der Waals surface area contributed by atoms with Crippen molar-refractivity contribution >= 4 is 51.8 Å². The molecule has 0 aliphatic carbocycles. The second-order valence-electron chi connectivity index (χ2n) is 7.97. The SMILES string of the molecule is CC(NC(=O)CN1C(=O)NC(C)(c2ccc(Cl)cc2Cl)C1=O)c1ccc2ccccc2c1. The zero-order valence-corrected chi connectivity index (χ0v) is 19.0. The highest BCUT2D eigenvalue weighted by molar-refractivity contribution is 6.35. The molecule has 1 heterocycles. The Hall–Kier alpha value is -3.09. The number of rotatable bonds is 5. The quantitative estimate of drug-likeness (QED) is 0.527. The minimum absolute atomic E-state index is 0.255. The van der Waals surface area contributed by atoms with E-state index in [9.17, 15) is 14.4 Å². The minimum Gasteiger partial charge on any atom is -0.348 e. The fraction of sp³-hybridized carbons (Fsp3) is 0.208. The van der Waals surface area contributed by atoms with Gasteiger partial charge in [-0.25, -0.2) is 4.79 Å². The van der Waals surface area contributed by atoms with Gasteiger partial charge in [-0.2, -0.15) is 0 Å². The molecule has 0 aromatic heterocycles. The smallest absolute Gasteiger partial charge is 0.325 e. The summed E-state index contributed by atoms with van der Waals surface area (Å²) in [6, 6.07) is 17.6. The summed E-state index contributed by atoms with van der Waals surface area (Å²) in [6.45, 7) is 3.01. The Labute approximate surface area is 195 Å². The van der Waals surface area contributed by atoms with Crippen molar-refractivity contribution in [2.24, 2.45) is 0 Å². The van der Waals surface area contributed by atoms with E-state index >= 15 is 0 Å². The van der Waals surface area contributed by atoms with Crippen molar-refractivity contribution in [2.45, 2.75) is 25.4 Å². The maximum Gasteiger partial charge on any atom is 0.325 e. The molecular weight excluding hydrogens is 449 g/mol. The summed E-state index contributed by atoms with van der Waals surface area (Å²) in [5.41, 5.74) is -0.0513. The van der Waals surface area contributed by atoms with Gasteiger partial charge in [-0.15, -0.1) is 0 Å².